The van der Waals surface area contributed by atoms with E-state index in [-0.39, 0.29) is 12.4 Å². The maximum Gasteiger partial charge on any atom is 0.328 e. The summed E-state index contributed by atoms with van der Waals surface area (Å²) in [5.74, 6) is 0. The van der Waals surface area contributed by atoms with E-state index in [0.717, 1.165) is 0 Å². The zero-order valence-corrected chi connectivity index (χ0v) is 11.2. The molecule has 1 N–H and O–H groups in total. The van der Waals surface area contributed by atoms with Gasteiger partial charge in [-0.2, -0.15) is 0 Å². The van der Waals surface area contributed by atoms with Gasteiger partial charge in [0.2, 0.25) is 0 Å². The number of nitrogens with zero attached hydrogens (tertiary/aromatic N) is 1. The van der Waals surface area contributed by atoms with Crippen molar-refractivity contribution in [2.75, 3.05) is 6.61 Å². The van der Waals surface area contributed by atoms with Gasteiger partial charge in [0.1, 0.15) is 11.4 Å². The molecule has 0 spiro atoms. The largest absolute Gasteiger partial charge is 0.361 e. The van der Waals surface area contributed by atoms with E-state index in [4.69, 9.17) is 40.2 Å². The van der Waals surface area contributed by atoms with Crippen LogP contribution >= 0.6 is 35.4 Å². The van der Waals surface area contributed by atoms with Gasteiger partial charge in [-0.05, 0) is 19.9 Å². The number of halogens is 2. The fourth-order valence-corrected chi connectivity index (χ4v) is 1.71. The molecular formula is C9H12Cl2N2O2S. The highest BCUT2D eigenvalue weighted by molar-refractivity contribution is 7.71. The van der Waals surface area contributed by atoms with Gasteiger partial charge < -0.3 is 4.74 Å². The van der Waals surface area contributed by atoms with E-state index < -0.39 is 4.33 Å². The summed E-state index contributed by atoms with van der Waals surface area (Å²) in [4.78, 5) is 14.1. The number of ether oxygens (including phenoxy) is 1. The monoisotopic (exact) mass is 282 g/mol. The molecule has 0 fully saturated rings. The van der Waals surface area contributed by atoms with Crippen LogP contribution < -0.4 is 5.69 Å². The van der Waals surface area contributed by atoms with Crippen molar-refractivity contribution in [2.24, 2.45) is 0 Å². The van der Waals surface area contributed by atoms with Crippen LogP contribution in [-0.4, -0.2) is 16.2 Å². The van der Waals surface area contributed by atoms with Crippen molar-refractivity contribution in [2.45, 2.75) is 24.9 Å². The van der Waals surface area contributed by atoms with Gasteiger partial charge in [0, 0.05) is 6.61 Å². The van der Waals surface area contributed by atoms with Gasteiger partial charge in [-0.1, -0.05) is 35.4 Å². The lowest BCUT2D eigenvalue weighted by Gasteiger charge is -2.19. The van der Waals surface area contributed by atoms with Gasteiger partial charge >= 0.3 is 5.69 Å². The first-order valence-corrected chi connectivity index (χ1v) is 5.83. The van der Waals surface area contributed by atoms with Crippen molar-refractivity contribution >= 4 is 35.4 Å². The van der Waals surface area contributed by atoms with Gasteiger partial charge in [0.05, 0.1) is 5.69 Å². The zero-order chi connectivity index (χ0) is 12.3. The molecule has 90 valence electrons. The fourth-order valence-electron chi connectivity index (χ4n) is 1.19. The third-order valence-corrected chi connectivity index (χ3v) is 2.52. The summed E-state index contributed by atoms with van der Waals surface area (Å²) in [5.41, 5.74) is 0.0292. The molecule has 16 heavy (non-hydrogen) atoms. The molecule has 0 saturated carbocycles. The minimum absolute atomic E-state index is 0.0891. The number of rotatable bonds is 4. The van der Waals surface area contributed by atoms with E-state index in [0.29, 0.717) is 16.9 Å². The van der Waals surface area contributed by atoms with E-state index in [2.05, 4.69) is 4.98 Å². The standard InChI is InChI=1S/C9H12Cl2N2O2S/c1-3-15-5-13-6(9(2,10)11)4-7(16)12-8(13)14/h4H,3,5H2,1-2H3,(H,12,14,16). The molecule has 0 amide bonds. The number of nitrogens with one attached hydrogen (secondary N) is 1. The van der Waals surface area contributed by atoms with Gasteiger partial charge in [-0.25, -0.2) is 4.79 Å². The summed E-state index contributed by atoms with van der Waals surface area (Å²) in [6.07, 6.45) is 0. The fraction of sp³-hybridized carbons (Fsp3) is 0.556. The third-order valence-electron chi connectivity index (χ3n) is 1.91. The first-order valence-electron chi connectivity index (χ1n) is 4.66. The van der Waals surface area contributed by atoms with Gasteiger partial charge in [0.25, 0.3) is 0 Å². The van der Waals surface area contributed by atoms with Crippen LogP contribution in [-0.2, 0) is 15.8 Å². The zero-order valence-electron chi connectivity index (χ0n) is 8.92. The second-order valence-corrected chi connectivity index (χ2v) is 5.41. The van der Waals surface area contributed by atoms with Gasteiger partial charge in [0.15, 0.2) is 4.33 Å². The molecule has 0 aromatic carbocycles. The number of hydrogen-bond donors (Lipinski definition) is 1. The Hall–Kier alpha value is -0.360. The molecule has 7 heteroatoms. The second-order valence-electron chi connectivity index (χ2n) is 3.26. The molecular weight excluding hydrogens is 271 g/mol. The van der Waals surface area contributed by atoms with Crippen molar-refractivity contribution in [3.8, 4) is 0 Å². The van der Waals surface area contributed by atoms with E-state index in [1.54, 1.807) is 13.0 Å². The molecule has 1 heterocycles. The summed E-state index contributed by atoms with van der Waals surface area (Å²) in [6, 6.07) is 1.55. The second kappa shape index (κ2) is 5.31. The Morgan fingerprint density at radius 3 is 2.75 bits per heavy atom. The first-order chi connectivity index (χ1) is 7.36. The topological polar surface area (TPSA) is 47.0 Å². The summed E-state index contributed by atoms with van der Waals surface area (Å²) >= 11 is 16.9. The summed E-state index contributed by atoms with van der Waals surface area (Å²) in [7, 11) is 0. The van der Waals surface area contributed by atoms with Crippen LogP contribution in [0.5, 0.6) is 0 Å². The number of aromatic nitrogens is 2. The lowest BCUT2D eigenvalue weighted by Crippen LogP contribution is -2.30. The molecule has 1 rings (SSSR count). The Morgan fingerprint density at radius 2 is 2.25 bits per heavy atom. The molecule has 0 saturated heterocycles. The highest BCUT2D eigenvalue weighted by Gasteiger charge is 2.24. The van der Waals surface area contributed by atoms with Crippen molar-refractivity contribution < 1.29 is 4.74 Å². The lowest BCUT2D eigenvalue weighted by atomic mass is 10.3. The summed E-state index contributed by atoms with van der Waals surface area (Å²) in [6.45, 7) is 3.98. The van der Waals surface area contributed by atoms with Crippen molar-refractivity contribution in [3.05, 3.63) is 26.9 Å². The van der Waals surface area contributed by atoms with Crippen LogP contribution in [0.1, 0.15) is 19.5 Å². The quantitative estimate of drug-likeness (QED) is 0.682. The van der Waals surface area contributed by atoms with Crippen LogP contribution in [0.25, 0.3) is 0 Å². The van der Waals surface area contributed by atoms with E-state index in [1.165, 1.54) is 4.57 Å². The molecule has 0 unspecified atom stereocenters. The van der Waals surface area contributed by atoms with Crippen LogP contribution in [0.15, 0.2) is 10.9 Å². The molecule has 0 aliphatic carbocycles. The molecule has 4 nitrogen and oxygen atoms in total. The Kier molecular flexibility index (Phi) is 4.55. The van der Waals surface area contributed by atoms with Crippen molar-refractivity contribution in [1.82, 2.24) is 9.55 Å². The molecule has 1 aromatic heterocycles. The number of alkyl halides is 2. The molecule has 0 radical (unpaired) electrons. The predicted octanol–water partition coefficient (Wildman–Crippen LogP) is 2.55. The van der Waals surface area contributed by atoms with E-state index in [9.17, 15) is 4.79 Å². The first kappa shape index (κ1) is 13.7. The van der Waals surface area contributed by atoms with Crippen LogP contribution in [0, 0.1) is 4.64 Å². The Balaban J connectivity index is 3.33. The van der Waals surface area contributed by atoms with E-state index >= 15 is 0 Å². The molecule has 0 bridgehead atoms. The predicted molar refractivity (Wildman–Crippen MR) is 66.6 cm³/mol. The van der Waals surface area contributed by atoms with Crippen molar-refractivity contribution in [1.29, 1.82) is 0 Å². The number of hydrogen-bond acceptors (Lipinski definition) is 3. The van der Waals surface area contributed by atoms with Gasteiger partial charge in [-0.3, -0.25) is 9.55 Å². The van der Waals surface area contributed by atoms with Crippen LogP contribution in [0.4, 0.5) is 0 Å². The minimum Gasteiger partial charge on any atom is -0.361 e. The summed E-state index contributed by atoms with van der Waals surface area (Å²) < 4.78 is 5.58. The SMILES string of the molecule is CCOCn1c(C(C)(Cl)Cl)cc(=S)[nH]c1=O. The Bertz CT molecular complexity index is 476. The lowest BCUT2D eigenvalue weighted by molar-refractivity contribution is 0.0818. The van der Waals surface area contributed by atoms with Crippen LogP contribution in [0.3, 0.4) is 0 Å². The smallest absolute Gasteiger partial charge is 0.328 e. The molecule has 0 aliphatic heterocycles. The van der Waals surface area contributed by atoms with Crippen molar-refractivity contribution in [3.63, 3.8) is 0 Å². The Labute approximate surface area is 108 Å². The molecule has 0 aliphatic rings. The highest BCUT2D eigenvalue weighted by atomic mass is 35.5. The normalized spacial score (nSPS) is 11.8. The maximum atomic E-state index is 11.7. The van der Waals surface area contributed by atoms with Crippen LogP contribution in [0.2, 0.25) is 0 Å². The third kappa shape index (κ3) is 3.31. The number of aromatic amines is 1. The number of H-pyrrole nitrogens is 1. The molecule has 1 aromatic rings. The maximum absolute atomic E-state index is 11.7. The highest BCUT2D eigenvalue weighted by Crippen LogP contribution is 2.31. The minimum atomic E-state index is -1.20. The summed E-state index contributed by atoms with van der Waals surface area (Å²) in [5, 5.41) is 0. The Morgan fingerprint density at radius 1 is 1.62 bits per heavy atom. The average molecular weight is 283 g/mol. The average Bonchev–Trinajstić information content (AvgIpc) is 2.14. The molecule has 0 atom stereocenters. The van der Waals surface area contributed by atoms with E-state index in [1.807, 2.05) is 6.92 Å². The van der Waals surface area contributed by atoms with Gasteiger partial charge in [-0.15, -0.1) is 0 Å².